The van der Waals surface area contributed by atoms with E-state index < -0.39 is 0 Å². The van der Waals surface area contributed by atoms with Crippen LogP contribution in [0.15, 0.2) is 9.98 Å². The highest BCUT2D eigenvalue weighted by molar-refractivity contribution is 6.00. The lowest BCUT2D eigenvalue weighted by Gasteiger charge is -2.04. The van der Waals surface area contributed by atoms with Gasteiger partial charge in [-0.05, 0) is 34.6 Å². The quantitative estimate of drug-likeness (QED) is 0.649. The van der Waals surface area contributed by atoms with Crippen molar-refractivity contribution in [3.63, 3.8) is 0 Å². The number of Topliss-reactive ketones (excluding diaryl/α,β-unsaturated/α-hetero) is 2. The number of ketones is 2. The van der Waals surface area contributed by atoms with Crippen LogP contribution in [-0.4, -0.2) is 29.2 Å². The smallest absolute Gasteiger partial charge is 0.136 e. The summed E-state index contributed by atoms with van der Waals surface area (Å²) in [7, 11) is 0. The van der Waals surface area contributed by atoms with Gasteiger partial charge in [0.1, 0.15) is 17.7 Å². The predicted molar refractivity (Wildman–Crippen MR) is 66.3 cm³/mol. The third-order valence-electron chi connectivity index (χ3n) is 1.82. The Kier molecular flexibility index (Phi) is 6.46. The molecular formula is C12H20N2O2. The molecule has 0 bridgehead atoms. The average molecular weight is 224 g/mol. The Morgan fingerprint density at radius 2 is 1.19 bits per heavy atom. The zero-order valence-electron chi connectivity index (χ0n) is 10.7. The van der Waals surface area contributed by atoms with Gasteiger partial charge < -0.3 is 0 Å². The zero-order chi connectivity index (χ0) is 12.7. The number of aliphatic imine (C=N–C) groups is 2. The fourth-order valence-electron chi connectivity index (χ4n) is 1.48. The lowest BCUT2D eigenvalue weighted by Crippen LogP contribution is -2.08. The second-order valence-corrected chi connectivity index (χ2v) is 4.12. The Hall–Kier alpha value is -1.32. The predicted octanol–water partition coefficient (Wildman–Crippen LogP) is 2.21. The van der Waals surface area contributed by atoms with Crippen LogP contribution in [-0.2, 0) is 9.59 Å². The molecule has 90 valence electrons. The molecule has 0 aliphatic rings. The molecule has 0 amide bonds. The zero-order valence-corrected chi connectivity index (χ0v) is 10.7. The van der Waals surface area contributed by atoms with Crippen LogP contribution >= 0.6 is 0 Å². The Balaban J connectivity index is 4.40. The van der Waals surface area contributed by atoms with Gasteiger partial charge in [0.15, 0.2) is 0 Å². The number of carbonyl (C=O) groups is 2. The molecule has 0 aliphatic heterocycles. The maximum absolute atomic E-state index is 10.8. The highest BCUT2D eigenvalue weighted by Crippen LogP contribution is 1.99. The third kappa shape index (κ3) is 8.03. The SMILES string of the molecule is CC(=O)CC(C)=NC(C)N=C(C)CC(C)=O. The largest absolute Gasteiger partial charge is 0.300 e. The molecule has 0 rings (SSSR count). The van der Waals surface area contributed by atoms with Gasteiger partial charge in [-0.25, -0.2) is 0 Å². The summed E-state index contributed by atoms with van der Waals surface area (Å²) < 4.78 is 0. The highest BCUT2D eigenvalue weighted by Gasteiger charge is 2.02. The second-order valence-electron chi connectivity index (χ2n) is 4.12. The molecular weight excluding hydrogens is 204 g/mol. The summed E-state index contributed by atoms with van der Waals surface area (Å²) in [4.78, 5) is 30.2. The van der Waals surface area contributed by atoms with E-state index in [9.17, 15) is 9.59 Å². The standard InChI is InChI=1S/C12H20N2O2/c1-8(6-10(3)15)13-12(5)14-9(2)7-11(4)16/h12H,6-7H2,1-5H3. The summed E-state index contributed by atoms with van der Waals surface area (Å²) in [6.07, 6.45) is 0.510. The van der Waals surface area contributed by atoms with Crippen LogP contribution < -0.4 is 0 Å². The van der Waals surface area contributed by atoms with Gasteiger partial charge in [0.05, 0.1) is 0 Å². The molecule has 0 radical (unpaired) electrons. The van der Waals surface area contributed by atoms with E-state index >= 15 is 0 Å². The van der Waals surface area contributed by atoms with Gasteiger partial charge in [-0.1, -0.05) is 0 Å². The van der Waals surface area contributed by atoms with Crippen LogP contribution in [0.4, 0.5) is 0 Å². The van der Waals surface area contributed by atoms with Crippen molar-refractivity contribution in [3.8, 4) is 0 Å². The van der Waals surface area contributed by atoms with Crippen molar-refractivity contribution in [1.82, 2.24) is 0 Å². The van der Waals surface area contributed by atoms with Crippen LogP contribution in [0, 0.1) is 0 Å². The molecule has 16 heavy (non-hydrogen) atoms. The van der Waals surface area contributed by atoms with E-state index in [4.69, 9.17) is 0 Å². The molecule has 4 heteroatoms. The van der Waals surface area contributed by atoms with E-state index in [-0.39, 0.29) is 17.7 Å². The molecule has 0 saturated heterocycles. The minimum Gasteiger partial charge on any atom is -0.300 e. The van der Waals surface area contributed by atoms with Gasteiger partial charge >= 0.3 is 0 Å². The Bertz CT molecular complexity index is 298. The first-order chi connectivity index (χ1) is 7.31. The average Bonchev–Trinajstić information content (AvgIpc) is 1.97. The summed E-state index contributed by atoms with van der Waals surface area (Å²) >= 11 is 0. The van der Waals surface area contributed by atoms with Crippen molar-refractivity contribution >= 4 is 23.0 Å². The van der Waals surface area contributed by atoms with Crippen molar-refractivity contribution in [2.75, 3.05) is 0 Å². The van der Waals surface area contributed by atoms with Crippen LogP contribution in [0.25, 0.3) is 0 Å². The number of hydrogen-bond donors (Lipinski definition) is 0. The molecule has 0 aromatic heterocycles. The van der Waals surface area contributed by atoms with Gasteiger partial charge in [-0.15, -0.1) is 0 Å². The summed E-state index contributed by atoms with van der Waals surface area (Å²) in [5.41, 5.74) is 1.55. The van der Waals surface area contributed by atoms with Crippen molar-refractivity contribution in [3.05, 3.63) is 0 Å². The maximum Gasteiger partial charge on any atom is 0.136 e. The fraction of sp³-hybridized carbons (Fsp3) is 0.667. The molecule has 0 fully saturated rings. The topological polar surface area (TPSA) is 58.9 Å². The maximum atomic E-state index is 10.8. The lowest BCUT2D eigenvalue weighted by molar-refractivity contribution is -0.116. The van der Waals surface area contributed by atoms with Crippen LogP contribution in [0.3, 0.4) is 0 Å². The lowest BCUT2D eigenvalue weighted by atomic mass is 10.2. The summed E-state index contributed by atoms with van der Waals surface area (Å²) in [6.45, 7) is 8.54. The minimum atomic E-state index is -0.223. The Morgan fingerprint density at radius 3 is 1.44 bits per heavy atom. The molecule has 0 spiro atoms. The molecule has 0 aromatic rings. The molecule has 0 unspecified atom stereocenters. The Morgan fingerprint density at radius 1 is 0.875 bits per heavy atom. The first-order valence-corrected chi connectivity index (χ1v) is 5.36. The van der Waals surface area contributed by atoms with Gasteiger partial charge in [-0.3, -0.25) is 19.6 Å². The van der Waals surface area contributed by atoms with Crippen LogP contribution in [0.5, 0.6) is 0 Å². The number of carbonyl (C=O) groups excluding carboxylic acids is 2. The van der Waals surface area contributed by atoms with Crippen molar-refractivity contribution < 1.29 is 9.59 Å². The van der Waals surface area contributed by atoms with E-state index in [0.717, 1.165) is 11.4 Å². The molecule has 0 atom stereocenters. The summed E-state index contributed by atoms with van der Waals surface area (Å²) in [5.74, 6) is 0.191. The molecule has 0 N–H and O–H groups in total. The first kappa shape index (κ1) is 14.7. The van der Waals surface area contributed by atoms with E-state index in [0.29, 0.717) is 12.8 Å². The normalized spacial score (nSPS) is 14.8. The summed E-state index contributed by atoms with van der Waals surface area (Å²) in [5, 5.41) is 0. The fourth-order valence-corrected chi connectivity index (χ4v) is 1.48. The van der Waals surface area contributed by atoms with Gasteiger partial charge in [0, 0.05) is 24.3 Å². The monoisotopic (exact) mass is 224 g/mol. The van der Waals surface area contributed by atoms with E-state index in [1.165, 1.54) is 13.8 Å². The van der Waals surface area contributed by atoms with Crippen LogP contribution in [0.1, 0.15) is 47.5 Å². The molecule has 0 aliphatic carbocycles. The first-order valence-electron chi connectivity index (χ1n) is 5.36. The van der Waals surface area contributed by atoms with Crippen molar-refractivity contribution in [2.45, 2.75) is 53.6 Å². The number of hydrogen-bond acceptors (Lipinski definition) is 4. The van der Waals surface area contributed by atoms with E-state index in [1.54, 1.807) is 0 Å². The van der Waals surface area contributed by atoms with Gasteiger partial charge in [0.25, 0.3) is 0 Å². The molecule has 0 aromatic carbocycles. The minimum absolute atomic E-state index is 0.0953. The Labute approximate surface area is 96.9 Å². The van der Waals surface area contributed by atoms with Crippen molar-refractivity contribution in [1.29, 1.82) is 0 Å². The molecule has 0 heterocycles. The van der Waals surface area contributed by atoms with Gasteiger partial charge in [0.2, 0.25) is 0 Å². The second kappa shape index (κ2) is 7.04. The van der Waals surface area contributed by atoms with Crippen LogP contribution in [0.2, 0.25) is 0 Å². The van der Waals surface area contributed by atoms with Gasteiger partial charge in [-0.2, -0.15) is 0 Å². The molecule has 0 saturated carbocycles. The van der Waals surface area contributed by atoms with E-state index in [1.807, 2.05) is 20.8 Å². The molecule has 4 nitrogen and oxygen atoms in total. The van der Waals surface area contributed by atoms with E-state index in [2.05, 4.69) is 9.98 Å². The number of rotatable bonds is 6. The van der Waals surface area contributed by atoms with Crippen molar-refractivity contribution in [2.24, 2.45) is 9.98 Å². The number of nitrogens with zero attached hydrogens (tertiary/aromatic N) is 2. The highest BCUT2D eigenvalue weighted by atomic mass is 16.1. The third-order valence-corrected chi connectivity index (χ3v) is 1.82. The summed E-state index contributed by atoms with van der Waals surface area (Å²) in [6, 6.07) is 0.